The summed E-state index contributed by atoms with van der Waals surface area (Å²) in [4.78, 5) is 16.7. The van der Waals surface area contributed by atoms with E-state index in [0.717, 1.165) is 22.6 Å². The van der Waals surface area contributed by atoms with Crippen molar-refractivity contribution in [3.63, 3.8) is 0 Å². The van der Waals surface area contributed by atoms with Crippen molar-refractivity contribution in [2.75, 3.05) is 12.4 Å². The topological polar surface area (TPSA) is 69.7 Å². The predicted molar refractivity (Wildman–Crippen MR) is 136 cm³/mol. The molecular weight excluding hydrogens is 505 g/mol. The number of ether oxygens (including phenoxy) is 3. The van der Waals surface area contributed by atoms with Crippen LogP contribution in [0.5, 0.6) is 17.2 Å². The molecule has 0 saturated carbocycles. The highest BCUT2D eigenvalue weighted by Crippen LogP contribution is 2.27. The Morgan fingerprint density at radius 1 is 0.946 bits per heavy atom. The molecule has 0 saturated heterocycles. The first-order valence-electron chi connectivity index (χ1n) is 10.9. The van der Waals surface area contributed by atoms with E-state index >= 15 is 0 Å². The first-order valence-corrected chi connectivity index (χ1v) is 11.8. The number of nitrogens with zero attached hydrogens (tertiary/aromatic N) is 1. The van der Waals surface area contributed by atoms with Crippen molar-refractivity contribution in [2.24, 2.45) is 0 Å². The number of hydrogen-bond donors (Lipinski definition) is 1. The van der Waals surface area contributed by atoms with Crippen LogP contribution in [0.25, 0.3) is 17.3 Å². The second-order valence-corrected chi connectivity index (χ2v) is 8.50. The van der Waals surface area contributed by atoms with Crippen molar-refractivity contribution >= 4 is 28.5 Å². The van der Waals surface area contributed by atoms with Crippen LogP contribution in [0.15, 0.2) is 84.3 Å². The van der Waals surface area contributed by atoms with Gasteiger partial charge >= 0.3 is 6.36 Å². The Morgan fingerprint density at radius 3 is 2.24 bits per heavy atom. The van der Waals surface area contributed by atoms with Gasteiger partial charge in [0.25, 0.3) is 0 Å². The number of benzene rings is 3. The van der Waals surface area contributed by atoms with Crippen LogP contribution in [0.1, 0.15) is 11.1 Å². The number of carbonyl (C=O) groups is 1. The van der Waals surface area contributed by atoms with Crippen LogP contribution in [0.4, 0.5) is 18.3 Å². The molecular formula is C27H21F3N2O4S. The lowest BCUT2D eigenvalue weighted by Gasteiger charge is -2.10. The van der Waals surface area contributed by atoms with Crippen LogP contribution in [0, 0.1) is 0 Å². The van der Waals surface area contributed by atoms with Gasteiger partial charge < -0.3 is 14.2 Å². The third-order valence-electron chi connectivity index (χ3n) is 4.99. The highest BCUT2D eigenvalue weighted by atomic mass is 32.1. The molecule has 1 amide bonds. The maximum absolute atomic E-state index is 12.3. The van der Waals surface area contributed by atoms with Gasteiger partial charge in [-0.2, -0.15) is 0 Å². The van der Waals surface area contributed by atoms with E-state index in [9.17, 15) is 18.0 Å². The van der Waals surface area contributed by atoms with Crippen molar-refractivity contribution in [3.05, 3.63) is 95.4 Å². The molecule has 6 nitrogen and oxygen atoms in total. The molecule has 0 atom stereocenters. The highest BCUT2D eigenvalue weighted by molar-refractivity contribution is 7.14. The summed E-state index contributed by atoms with van der Waals surface area (Å²) in [7, 11) is 1.60. The third kappa shape index (κ3) is 7.84. The lowest BCUT2D eigenvalue weighted by atomic mass is 10.2. The molecule has 1 aromatic heterocycles. The number of thiazole rings is 1. The maximum Gasteiger partial charge on any atom is 0.573 e. The van der Waals surface area contributed by atoms with Gasteiger partial charge in [0.1, 0.15) is 23.9 Å². The fourth-order valence-electron chi connectivity index (χ4n) is 3.17. The largest absolute Gasteiger partial charge is 0.573 e. The molecule has 4 aromatic rings. The molecule has 1 N–H and O–H groups in total. The van der Waals surface area contributed by atoms with Crippen molar-refractivity contribution in [2.45, 2.75) is 13.0 Å². The SMILES string of the molecule is COc1ccc(-c2csc(NC(=O)/C=C/c3ccc(OCc4ccc(OC(F)(F)F)cc4)cc3)n2)cc1. The fourth-order valence-corrected chi connectivity index (χ4v) is 3.90. The van der Waals surface area contributed by atoms with Crippen LogP contribution in [-0.4, -0.2) is 24.4 Å². The molecule has 0 spiro atoms. The molecule has 3 aromatic carbocycles. The Balaban J connectivity index is 1.26. The van der Waals surface area contributed by atoms with Crippen molar-refractivity contribution in [3.8, 4) is 28.5 Å². The number of alkyl halides is 3. The first kappa shape index (κ1) is 25.8. The summed E-state index contributed by atoms with van der Waals surface area (Å²) >= 11 is 1.33. The summed E-state index contributed by atoms with van der Waals surface area (Å²) in [5.41, 5.74) is 3.15. The van der Waals surface area contributed by atoms with E-state index in [1.165, 1.54) is 41.7 Å². The van der Waals surface area contributed by atoms with Crippen LogP contribution in [0.2, 0.25) is 0 Å². The second kappa shape index (κ2) is 11.6. The number of anilines is 1. The molecule has 0 aliphatic rings. The van der Waals surface area contributed by atoms with Gasteiger partial charge in [0.05, 0.1) is 12.8 Å². The van der Waals surface area contributed by atoms with Gasteiger partial charge in [-0.1, -0.05) is 24.3 Å². The zero-order valence-corrected chi connectivity index (χ0v) is 20.3. The van der Waals surface area contributed by atoms with Gasteiger partial charge in [0.15, 0.2) is 5.13 Å². The number of methoxy groups -OCH3 is 1. The smallest absolute Gasteiger partial charge is 0.497 e. The number of carbonyl (C=O) groups excluding carboxylic acids is 1. The predicted octanol–water partition coefficient (Wildman–Crippen LogP) is 6.95. The molecule has 1 heterocycles. The minimum atomic E-state index is -4.73. The normalized spacial score (nSPS) is 11.4. The molecule has 0 radical (unpaired) electrons. The van der Waals surface area contributed by atoms with Gasteiger partial charge in [-0.25, -0.2) is 4.98 Å². The Morgan fingerprint density at radius 2 is 1.59 bits per heavy atom. The first-order chi connectivity index (χ1) is 17.8. The number of aromatic nitrogens is 1. The van der Waals surface area contributed by atoms with E-state index in [-0.39, 0.29) is 18.3 Å². The molecule has 0 aliphatic heterocycles. The molecule has 0 aliphatic carbocycles. The van der Waals surface area contributed by atoms with Gasteiger partial charge in [-0.3, -0.25) is 10.1 Å². The maximum atomic E-state index is 12.3. The summed E-state index contributed by atoms with van der Waals surface area (Å²) in [6.07, 6.45) is -1.65. The Labute approximate surface area is 215 Å². The molecule has 190 valence electrons. The standard InChI is InChI=1S/C27H21F3N2O4S/c1-34-21-13-7-20(8-14-21)24-17-37-26(31-24)32-25(33)15-6-18-2-9-22(10-3-18)35-16-19-4-11-23(12-5-19)36-27(28,29)30/h2-15,17H,16H2,1H3,(H,31,32,33)/b15-6+. The van der Waals surface area contributed by atoms with Crippen molar-refractivity contribution in [1.29, 1.82) is 0 Å². The Hall–Kier alpha value is -4.31. The van der Waals surface area contributed by atoms with Crippen LogP contribution < -0.4 is 19.5 Å². The summed E-state index contributed by atoms with van der Waals surface area (Å²) in [5, 5.41) is 5.11. The van der Waals surface area contributed by atoms with Crippen molar-refractivity contribution < 1.29 is 32.2 Å². The zero-order chi connectivity index (χ0) is 26.3. The van der Waals surface area contributed by atoms with E-state index in [1.807, 2.05) is 29.6 Å². The van der Waals surface area contributed by atoms with Crippen LogP contribution in [-0.2, 0) is 11.4 Å². The van der Waals surface area contributed by atoms with E-state index in [0.29, 0.717) is 16.4 Å². The van der Waals surface area contributed by atoms with E-state index in [4.69, 9.17) is 9.47 Å². The van der Waals surface area contributed by atoms with E-state index < -0.39 is 6.36 Å². The van der Waals surface area contributed by atoms with Gasteiger partial charge in [-0.15, -0.1) is 24.5 Å². The minimum absolute atomic E-state index is 0.177. The number of nitrogens with one attached hydrogen (secondary N) is 1. The quantitative estimate of drug-likeness (QED) is 0.239. The molecule has 4 rings (SSSR count). The molecule has 10 heteroatoms. The molecule has 0 unspecified atom stereocenters. The average Bonchev–Trinajstić information content (AvgIpc) is 3.35. The average molecular weight is 527 g/mol. The molecule has 0 bridgehead atoms. The summed E-state index contributed by atoms with van der Waals surface area (Å²) in [6, 6.07) is 20.0. The van der Waals surface area contributed by atoms with E-state index in [2.05, 4.69) is 15.0 Å². The number of rotatable bonds is 9. The van der Waals surface area contributed by atoms with Gasteiger partial charge in [0.2, 0.25) is 5.91 Å². The monoisotopic (exact) mass is 526 g/mol. The lowest BCUT2D eigenvalue weighted by molar-refractivity contribution is -0.274. The summed E-state index contributed by atoms with van der Waals surface area (Å²) < 4.78 is 51.4. The zero-order valence-electron chi connectivity index (χ0n) is 19.5. The minimum Gasteiger partial charge on any atom is -0.497 e. The van der Waals surface area contributed by atoms with Crippen LogP contribution in [0.3, 0.4) is 0 Å². The summed E-state index contributed by atoms with van der Waals surface area (Å²) in [5.74, 6) is 0.731. The Kier molecular flexibility index (Phi) is 8.09. The second-order valence-electron chi connectivity index (χ2n) is 7.64. The lowest BCUT2D eigenvalue weighted by Crippen LogP contribution is -2.17. The molecule has 0 fully saturated rings. The van der Waals surface area contributed by atoms with Gasteiger partial charge in [-0.05, 0) is 65.7 Å². The fraction of sp³-hybridized carbons (Fsp3) is 0.111. The van der Waals surface area contributed by atoms with Crippen LogP contribution >= 0.6 is 11.3 Å². The van der Waals surface area contributed by atoms with E-state index in [1.54, 1.807) is 37.5 Å². The third-order valence-corrected chi connectivity index (χ3v) is 5.75. The summed E-state index contributed by atoms with van der Waals surface area (Å²) in [6.45, 7) is 0.177. The van der Waals surface area contributed by atoms with Crippen molar-refractivity contribution in [1.82, 2.24) is 4.98 Å². The number of halogens is 3. The number of hydrogen-bond acceptors (Lipinski definition) is 6. The molecule has 37 heavy (non-hydrogen) atoms. The highest BCUT2D eigenvalue weighted by Gasteiger charge is 2.30. The Bertz CT molecular complexity index is 1350. The van der Waals surface area contributed by atoms with Gasteiger partial charge in [0, 0.05) is 17.0 Å². The number of amides is 1.